The summed E-state index contributed by atoms with van der Waals surface area (Å²) in [7, 11) is 0. The van der Waals surface area contributed by atoms with Crippen LogP contribution in [0.5, 0.6) is 5.75 Å². The Morgan fingerprint density at radius 1 is 1.07 bits per heavy atom. The normalized spacial score (nSPS) is 15.7. The quantitative estimate of drug-likeness (QED) is 0.660. The SMILES string of the molecule is CCOC(=O)C1=C(N)n2c(=O)c3ccccc3c(=O)n2C1c1ccccc1O. The van der Waals surface area contributed by atoms with E-state index in [2.05, 4.69) is 0 Å². The molecule has 0 radical (unpaired) electrons. The number of phenolic OH excluding ortho intramolecular Hbond substituents is 1. The average Bonchev–Trinajstić information content (AvgIpc) is 3.00. The van der Waals surface area contributed by atoms with Crippen LogP contribution in [0.25, 0.3) is 16.6 Å². The van der Waals surface area contributed by atoms with Gasteiger partial charge in [-0.25, -0.2) is 9.48 Å². The van der Waals surface area contributed by atoms with E-state index < -0.39 is 23.1 Å². The standard InChI is InChI=1S/C20H17N3O5/c1-2-28-20(27)15-16(13-9-5-6-10-14(13)24)22-18(25)11-7-3-4-8-12(11)19(26)23(22)17(15)21/h3-10,16,24H,2,21H2,1H3. The van der Waals surface area contributed by atoms with Crippen molar-refractivity contribution in [3.05, 3.63) is 80.4 Å². The van der Waals surface area contributed by atoms with Gasteiger partial charge in [0.25, 0.3) is 11.1 Å². The minimum atomic E-state index is -1.09. The second-order valence-corrected chi connectivity index (χ2v) is 6.29. The maximum absolute atomic E-state index is 13.2. The van der Waals surface area contributed by atoms with Crippen molar-refractivity contribution >= 4 is 22.6 Å². The van der Waals surface area contributed by atoms with Gasteiger partial charge in [0.05, 0.1) is 17.4 Å². The van der Waals surface area contributed by atoms with Gasteiger partial charge in [0.1, 0.15) is 23.2 Å². The molecule has 0 bridgehead atoms. The van der Waals surface area contributed by atoms with E-state index in [9.17, 15) is 19.5 Å². The van der Waals surface area contributed by atoms with E-state index in [1.54, 1.807) is 37.3 Å². The van der Waals surface area contributed by atoms with E-state index in [1.165, 1.54) is 18.2 Å². The van der Waals surface area contributed by atoms with Gasteiger partial charge in [-0.1, -0.05) is 30.3 Å². The number of esters is 1. The summed E-state index contributed by atoms with van der Waals surface area (Å²) < 4.78 is 7.19. The molecule has 28 heavy (non-hydrogen) atoms. The Morgan fingerprint density at radius 3 is 2.32 bits per heavy atom. The van der Waals surface area contributed by atoms with Gasteiger partial charge < -0.3 is 15.6 Å². The van der Waals surface area contributed by atoms with Gasteiger partial charge in [-0.05, 0) is 25.1 Å². The minimum Gasteiger partial charge on any atom is -0.508 e. The molecular weight excluding hydrogens is 362 g/mol. The highest BCUT2D eigenvalue weighted by Gasteiger charge is 2.39. The zero-order valence-corrected chi connectivity index (χ0v) is 15.0. The summed E-state index contributed by atoms with van der Waals surface area (Å²) in [6, 6.07) is 11.5. The first-order valence-corrected chi connectivity index (χ1v) is 8.69. The third kappa shape index (κ3) is 2.34. The molecule has 2 aromatic carbocycles. The van der Waals surface area contributed by atoms with Gasteiger partial charge in [-0.2, -0.15) is 4.68 Å². The summed E-state index contributed by atoms with van der Waals surface area (Å²) in [5.74, 6) is -1.09. The third-order valence-corrected chi connectivity index (χ3v) is 4.75. The van der Waals surface area contributed by atoms with Crippen LogP contribution in [0.1, 0.15) is 18.5 Å². The Labute approximate surface area is 158 Å². The van der Waals surface area contributed by atoms with Gasteiger partial charge in [0.15, 0.2) is 0 Å². The van der Waals surface area contributed by atoms with E-state index in [0.717, 1.165) is 9.36 Å². The fourth-order valence-electron chi connectivity index (χ4n) is 3.55. The lowest BCUT2D eigenvalue weighted by molar-refractivity contribution is -0.138. The zero-order valence-electron chi connectivity index (χ0n) is 15.0. The molecule has 8 nitrogen and oxygen atoms in total. The molecule has 3 aromatic rings. The number of fused-ring (bicyclic) bond motifs is 2. The van der Waals surface area contributed by atoms with Crippen LogP contribution in [0.15, 0.2) is 63.7 Å². The Morgan fingerprint density at radius 2 is 1.68 bits per heavy atom. The van der Waals surface area contributed by atoms with Crippen LogP contribution in [0.3, 0.4) is 0 Å². The van der Waals surface area contributed by atoms with Gasteiger partial charge in [0.2, 0.25) is 0 Å². The number of aromatic hydroxyl groups is 1. The Hall–Kier alpha value is -3.81. The van der Waals surface area contributed by atoms with E-state index in [4.69, 9.17) is 10.5 Å². The molecule has 1 atom stereocenters. The van der Waals surface area contributed by atoms with Crippen LogP contribution >= 0.6 is 0 Å². The number of aromatic nitrogens is 2. The van der Waals surface area contributed by atoms with Gasteiger partial charge >= 0.3 is 5.97 Å². The molecule has 0 saturated carbocycles. The third-order valence-electron chi connectivity index (χ3n) is 4.75. The average molecular weight is 379 g/mol. The number of nitrogens with two attached hydrogens (primary N) is 1. The predicted molar refractivity (Wildman–Crippen MR) is 103 cm³/mol. The Kier molecular flexibility index (Phi) is 4.03. The van der Waals surface area contributed by atoms with Crippen LogP contribution < -0.4 is 16.9 Å². The van der Waals surface area contributed by atoms with Crippen molar-refractivity contribution < 1.29 is 14.6 Å². The molecule has 1 aliphatic rings. The molecule has 8 heteroatoms. The second-order valence-electron chi connectivity index (χ2n) is 6.29. The summed E-state index contributed by atoms with van der Waals surface area (Å²) in [5, 5.41) is 10.8. The molecule has 0 spiro atoms. The summed E-state index contributed by atoms with van der Waals surface area (Å²) in [6.07, 6.45) is 0. The van der Waals surface area contributed by atoms with Crippen LogP contribution in [0.4, 0.5) is 0 Å². The zero-order chi connectivity index (χ0) is 20.0. The van der Waals surface area contributed by atoms with Crippen molar-refractivity contribution in [2.75, 3.05) is 6.61 Å². The molecule has 0 saturated heterocycles. The second kappa shape index (κ2) is 6.41. The van der Waals surface area contributed by atoms with Crippen molar-refractivity contribution in [2.24, 2.45) is 5.73 Å². The number of para-hydroxylation sites is 1. The van der Waals surface area contributed by atoms with E-state index in [1.807, 2.05) is 0 Å². The van der Waals surface area contributed by atoms with E-state index in [-0.39, 0.29) is 40.1 Å². The number of rotatable bonds is 3. The topological polar surface area (TPSA) is 117 Å². The van der Waals surface area contributed by atoms with Crippen molar-refractivity contribution in [2.45, 2.75) is 13.0 Å². The largest absolute Gasteiger partial charge is 0.508 e. The highest BCUT2D eigenvalue weighted by Crippen LogP contribution is 2.37. The lowest BCUT2D eigenvalue weighted by atomic mass is 9.98. The summed E-state index contributed by atoms with van der Waals surface area (Å²) in [4.78, 5) is 38.9. The lowest BCUT2D eigenvalue weighted by Crippen LogP contribution is -2.38. The van der Waals surface area contributed by atoms with E-state index in [0.29, 0.717) is 0 Å². The van der Waals surface area contributed by atoms with Crippen LogP contribution in [-0.2, 0) is 9.53 Å². The molecule has 0 amide bonds. The number of carbonyl (C=O) groups is 1. The van der Waals surface area contributed by atoms with E-state index >= 15 is 0 Å². The number of hydrogen-bond donors (Lipinski definition) is 2. The van der Waals surface area contributed by atoms with Crippen LogP contribution in [0.2, 0.25) is 0 Å². The molecule has 3 N–H and O–H groups in total. The van der Waals surface area contributed by atoms with Crippen molar-refractivity contribution in [1.29, 1.82) is 0 Å². The number of carbonyl (C=O) groups excluding carboxylic acids is 1. The molecule has 1 aromatic heterocycles. The smallest absolute Gasteiger partial charge is 0.340 e. The molecule has 4 rings (SSSR count). The molecular formula is C20H17N3O5. The molecule has 2 heterocycles. The highest BCUT2D eigenvalue weighted by molar-refractivity contribution is 5.97. The lowest BCUT2D eigenvalue weighted by Gasteiger charge is -2.19. The summed E-state index contributed by atoms with van der Waals surface area (Å²) >= 11 is 0. The fourth-order valence-corrected chi connectivity index (χ4v) is 3.55. The first-order valence-electron chi connectivity index (χ1n) is 8.69. The molecule has 1 aliphatic heterocycles. The molecule has 0 fully saturated rings. The fraction of sp³-hybridized carbons (Fsp3) is 0.150. The number of ether oxygens (including phenoxy) is 1. The molecule has 0 aliphatic carbocycles. The van der Waals surface area contributed by atoms with Crippen molar-refractivity contribution in [1.82, 2.24) is 9.36 Å². The first kappa shape index (κ1) is 17.6. The highest BCUT2D eigenvalue weighted by atomic mass is 16.5. The Bertz CT molecular complexity index is 1270. The molecule has 1 unspecified atom stereocenters. The van der Waals surface area contributed by atoms with Crippen LogP contribution in [-0.4, -0.2) is 27.0 Å². The maximum Gasteiger partial charge on any atom is 0.340 e. The first-order chi connectivity index (χ1) is 13.5. The Balaban J connectivity index is 2.14. The minimum absolute atomic E-state index is 0.0714. The van der Waals surface area contributed by atoms with Crippen LogP contribution in [0, 0.1) is 0 Å². The number of benzene rings is 2. The summed E-state index contributed by atoms with van der Waals surface area (Å²) in [6.45, 7) is 1.73. The predicted octanol–water partition coefficient (Wildman–Crippen LogP) is 1.16. The van der Waals surface area contributed by atoms with Crippen molar-refractivity contribution in [3.63, 3.8) is 0 Å². The monoisotopic (exact) mass is 379 g/mol. The number of nitrogens with zero attached hydrogens (tertiary/aromatic N) is 2. The number of hydrogen-bond acceptors (Lipinski definition) is 6. The summed E-state index contributed by atoms with van der Waals surface area (Å²) in [5.41, 5.74) is 5.31. The number of phenols is 1. The van der Waals surface area contributed by atoms with Gasteiger partial charge in [-0.15, -0.1) is 0 Å². The van der Waals surface area contributed by atoms with Gasteiger partial charge in [0, 0.05) is 5.56 Å². The maximum atomic E-state index is 13.2. The van der Waals surface area contributed by atoms with Gasteiger partial charge in [-0.3, -0.25) is 9.59 Å². The van der Waals surface area contributed by atoms with Crippen molar-refractivity contribution in [3.8, 4) is 5.75 Å². The molecule has 142 valence electrons.